The lowest BCUT2D eigenvalue weighted by atomic mass is 10.1. The Bertz CT molecular complexity index is 275. The van der Waals surface area contributed by atoms with Crippen LogP contribution in [-0.4, -0.2) is 23.5 Å². The van der Waals surface area contributed by atoms with Crippen molar-refractivity contribution >= 4 is 7.32 Å². The van der Waals surface area contributed by atoms with Gasteiger partial charge in [0.05, 0.1) is 6.10 Å². The predicted molar refractivity (Wildman–Crippen MR) is 48.9 cm³/mol. The Kier molecular flexibility index (Phi) is 2.35. The first-order valence-corrected chi connectivity index (χ1v) is 4.34. The fourth-order valence-electron chi connectivity index (χ4n) is 1.53. The second-order valence-electron chi connectivity index (χ2n) is 3.25. The molecule has 0 saturated heterocycles. The van der Waals surface area contributed by atoms with Crippen LogP contribution in [-0.2, 0) is 4.65 Å². The molecule has 1 saturated carbocycles. The van der Waals surface area contributed by atoms with Crippen molar-refractivity contribution in [2.75, 3.05) is 0 Å². The zero-order chi connectivity index (χ0) is 9.26. The lowest BCUT2D eigenvalue weighted by Crippen LogP contribution is -2.18. The van der Waals surface area contributed by atoms with E-state index in [0.29, 0.717) is 5.92 Å². The molecule has 0 bridgehead atoms. The van der Waals surface area contributed by atoms with Gasteiger partial charge in [-0.1, -0.05) is 30.3 Å². The molecule has 2 rings (SSSR count). The molecule has 2 N–H and O–H groups in total. The van der Waals surface area contributed by atoms with Crippen LogP contribution in [0.4, 0.5) is 0 Å². The van der Waals surface area contributed by atoms with Crippen LogP contribution >= 0.6 is 0 Å². The standard InChI is InChI=1S/C9H11BO3/c11-10(12)13-9-6-8(9)7-4-2-1-3-5-7/h1-5,8-9,11-12H,6H2/t8-,9+/m0/s1. The topological polar surface area (TPSA) is 49.7 Å². The summed E-state index contributed by atoms with van der Waals surface area (Å²) in [7, 11) is -1.64. The van der Waals surface area contributed by atoms with Gasteiger partial charge in [-0.15, -0.1) is 0 Å². The van der Waals surface area contributed by atoms with Crippen LogP contribution < -0.4 is 0 Å². The molecule has 0 aliphatic heterocycles. The van der Waals surface area contributed by atoms with Gasteiger partial charge in [0.15, 0.2) is 0 Å². The molecule has 0 unspecified atom stereocenters. The lowest BCUT2D eigenvalue weighted by molar-refractivity contribution is 0.172. The zero-order valence-corrected chi connectivity index (χ0v) is 7.13. The fourth-order valence-corrected chi connectivity index (χ4v) is 1.53. The molecule has 3 nitrogen and oxygen atoms in total. The van der Waals surface area contributed by atoms with Gasteiger partial charge in [0.1, 0.15) is 0 Å². The van der Waals surface area contributed by atoms with Gasteiger partial charge in [0, 0.05) is 5.92 Å². The quantitative estimate of drug-likeness (QED) is 0.663. The van der Waals surface area contributed by atoms with E-state index < -0.39 is 7.32 Å². The Morgan fingerprint density at radius 1 is 1.23 bits per heavy atom. The minimum absolute atomic E-state index is 0.0256. The minimum Gasteiger partial charge on any atom is -0.402 e. The largest absolute Gasteiger partial charge is 0.634 e. The molecule has 68 valence electrons. The third-order valence-corrected chi connectivity index (χ3v) is 2.26. The van der Waals surface area contributed by atoms with E-state index >= 15 is 0 Å². The maximum atomic E-state index is 8.56. The predicted octanol–water partition coefficient (Wildman–Crippen LogP) is 0.529. The molecule has 0 aromatic heterocycles. The van der Waals surface area contributed by atoms with Gasteiger partial charge >= 0.3 is 7.32 Å². The Morgan fingerprint density at radius 2 is 1.92 bits per heavy atom. The Labute approximate surface area is 77.1 Å². The number of rotatable bonds is 3. The highest BCUT2D eigenvalue weighted by Gasteiger charge is 2.41. The zero-order valence-electron chi connectivity index (χ0n) is 7.13. The van der Waals surface area contributed by atoms with Gasteiger partial charge < -0.3 is 14.7 Å². The molecule has 1 aliphatic rings. The first kappa shape index (κ1) is 8.75. The van der Waals surface area contributed by atoms with E-state index in [0.717, 1.165) is 6.42 Å². The van der Waals surface area contributed by atoms with E-state index in [9.17, 15) is 0 Å². The van der Waals surface area contributed by atoms with Crippen LogP contribution in [0.5, 0.6) is 0 Å². The monoisotopic (exact) mass is 178 g/mol. The SMILES string of the molecule is OB(O)O[C@@H]1C[C@H]1c1ccccc1. The molecule has 4 heteroatoms. The summed E-state index contributed by atoms with van der Waals surface area (Å²) in [5, 5.41) is 17.1. The van der Waals surface area contributed by atoms with E-state index in [1.165, 1.54) is 5.56 Å². The van der Waals surface area contributed by atoms with E-state index in [-0.39, 0.29) is 6.10 Å². The highest BCUT2D eigenvalue weighted by atomic mass is 16.6. The first-order chi connectivity index (χ1) is 6.27. The summed E-state index contributed by atoms with van der Waals surface area (Å²) < 4.78 is 4.84. The molecule has 0 heterocycles. The van der Waals surface area contributed by atoms with Crippen LogP contribution in [0.2, 0.25) is 0 Å². The smallest absolute Gasteiger partial charge is 0.402 e. The van der Waals surface area contributed by atoms with Crippen molar-refractivity contribution in [1.82, 2.24) is 0 Å². The molecule has 1 aliphatic carbocycles. The van der Waals surface area contributed by atoms with Crippen molar-refractivity contribution in [3.05, 3.63) is 35.9 Å². The van der Waals surface area contributed by atoms with Crippen LogP contribution in [0.15, 0.2) is 30.3 Å². The maximum absolute atomic E-state index is 8.56. The van der Waals surface area contributed by atoms with Crippen molar-refractivity contribution < 1.29 is 14.7 Å². The van der Waals surface area contributed by atoms with E-state index in [4.69, 9.17) is 14.7 Å². The molecule has 1 aromatic rings. The van der Waals surface area contributed by atoms with E-state index in [1.54, 1.807) is 0 Å². The molecule has 1 aromatic carbocycles. The third kappa shape index (κ3) is 2.09. The van der Waals surface area contributed by atoms with Crippen LogP contribution in [0, 0.1) is 0 Å². The normalized spacial score (nSPS) is 25.7. The van der Waals surface area contributed by atoms with Gasteiger partial charge in [-0.3, -0.25) is 0 Å². The number of hydrogen-bond acceptors (Lipinski definition) is 3. The van der Waals surface area contributed by atoms with Crippen molar-refractivity contribution in [3.8, 4) is 0 Å². The Hall–Kier alpha value is -0.835. The van der Waals surface area contributed by atoms with Crippen molar-refractivity contribution in [1.29, 1.82) is 0 Å². The van der Waals surface area contributed by atoms with Crippen molar-refractivity contribution in [2.24, 2.45) is 0 Å². The lowest BCUT2D eigenvalue weighted by Gasteiger charge is -2.01. The third-order valence-electron chi connectivity index (χ3n) is 2.26. The van der Waals surface area contributed by atoms with Gasteiger partial charge in [-0.2, -0.15) is 0 Å². The Balaban J connectivity index is 1.93. The average molecular weight is 178 g/mol. The molecule has 1 fully saturated rings. The molecule has 13 heavy (non-hydrogen) atoms. The summed E-state index contributed by atoms with van der Waals surface area (Å²) in [5.41, 5.74) is 1.20. The summed E-state index contributed by atoms with van der Waals surface area (Å²) in [4.78, 5) is 0. The van der Waals surface area contributed by atoms with E-state index in [2.05, 4.69) is 0 Å². The summed E-state index contributed by atoms with van der Waals surface area (Å²) in [6, 6.07) is 9.96. The maximum Gasteiger partial charge on any atom is 0.634 e. The molecule has 2 atom stereocenters. The van der Waals surface area contributed by atoms with Crippen LogP contribution in [0.25, 0.3) is 0 Å². The number of hydrogen-bond donors (Lipinski definition) is 2. The molecule has 0 spiro atoms. The molecular formula is C9H11BO3. The van der Waals surface area contributed by atoms with Crippen molar-refractivity contribution in [2.45, 2.75) is 18.4 Å². The summed E-state index contributed by atoms with van der Waals surface area (Å²) in [6.45, 7) is 0. The second kappa shape index (κ2) is 3.50. The fraction of sp³-hybridized carbons (Fsp3) is 0.333. The van der Waals surface area contributed by atoms with Gasteiger partial charge in [0.2, 0.25) is 0 Å². The number of benzene rings is 1. The average Bonchev–Trinajstić information content (AvgIpc) is 2.84. The second-order valence-corrected chi connectivity index (χ2v) is 3.25. The summed E-state index contributed by atoms with van der Waals surface area (Å²) >= 11 is 0. The van der Waals surface area contributed by atoms with Crippen LogP contribution in [0.1, 0.15) is 17.9 Å². The van der Waals surface area contributed by atoms with Gasteiger partial charge in [-0.25, -0.2) is 0 Å². The summed E-state index contributed by atoms with van der Waals surface area (Å²) in [6.07, 6.45) is 0.851. The Morgan fingerprint density at radius 3 is 2.54 bits per heavy atom. The van der Waals surface area contributed by atoms with Gasteiger partial charge in [-0.05, 0) is 12.0 Å². The van der Waals surface area contributed by atoms with Crippen LogP contribution in [0.3, 0.4) is 0 Å². The van der Waals surface area contributed by atoms with Crippen molar-refractivity contribution in [3.63, 3.8) is 0 Å². The highest BCUT2D eigenvalue weighted by Crippen LogP contribution is 2.43. The highest BCUT2D eigenvalue weighted by molar-refractivity contribution is 6.32. The summed E-state index contributed by atoms with van der Waals surface area (Å²) in [5.74, 6) is 0.336. The first-order valence-electron chi connectivity index (χ1n) is 4.34. The molecular weight excluding hydrogens is 167 g/mol. The minimum atomic E-state index is -1.64. The molecule has 0 radical (unpaired) electrons. The van der Waals surface area contributed by atoms with Gasteiger partial charge in [0.25, 0.3) is 0 Å². The molecule has 0 amide bonds. The van der Waals surface area contributed by atoms with E-state index in [1.807, 2.05) is 30.3 Å².